The number of fused-ring (bicyclic) bond motifs is 1. The summed E-state index contributed by atoms with van der Waals surface area (Å²) in [5, 5.41) is 23.4. The Morgan fingerprint density at radius 3 is 2.36 bits per heavy atom. The van der Waals surface area contributed by atoms with Crippen LogP contribution in [-0.4, -0.2) is 113 Å². The fourth-order valence-electron chi connectivity index (χ4n) is 8.18. The Morgan fingerprint density at radius 1 is 1.09 bits per heavy atom. The van der Waals surface area contributed by atoms with Crippen molar-refractivity contribution in [2.45, 2.75) is 147 Å². The third-order valence-corrected chi connectivity index (χ3v) is 24.4. The van der Waals surface area contributed by atoms with Crippen LogP contribution in [0.1, 0.15) is 94.7 Å². The van der Waals surface area contributed by atoms with E-state index in [0.717, 1.165) is 0 Å². The van der Waals surface area contributed by atoms with Gasteiger partial charge in [-0.1, -0.05) is 69.2 Å². The average Bonchev–Trinajstić information content (AvgIpc) is 3.94. The lowest BCUT2D eigenvalue weighted by Crippen LogP contribution is -2.62. The lowest BCUT2D eigenvalue weighted by Gasteiger charge is -2.47. The van der Waals surface area contributed by atoms with Gasteiger partial charge < -0.3 is 41.5 Å². The molecule has 3 aromatic heterocycles. The number of H-pyrrole nitrogens is 1. The van der Waals surface area contributed by atoms with E-state index in [1.807, 2.05) is 61.5 Å². The fourth-order valence-corrected chi connectivity index (χ4v) is 20.7. The average molecular weight is 1020 g/mol. The standard InChI is InChI=1S/C40H63N7O14P2SSi2/c1-23(2)37(49)45-40-44-36-30(38(50)46-40)13-16-47(36)39-35(34(32(20-48)57-39)60-66(26(7)8,27(9)10)61-65(53,24(3)4)25(5)6)59-63(64,54-17-11-14-41)55-21-28-18-29(19-31(28)58-62(51)52)56-33-12-15-42-22-43-33/h12-13,15-16,22-29,31-32,34-35,39,48,53H,11,17-21H2,1-10H3,(H2-,44,45,46,49,50,51,52)/p+1/t28-,29-,31+,32-,34-,35-,39-,63+/m1/s1. The third-order valence-electron chi connectivity index (χ3n) is 11.8. The van der Waals surface area contributed by atoms with Crippen LogP contribution in [0, 0.1) is 23.2 Å². The second-order valence-electron chi connectivity index (χ2n) is 18.0. The first kappa shape index (κ1) is 54.0. The molecule has 5 rings (SSSR count). The van der Waals surface area contributed by atoms with Crippen molar-refractivity contribution in [2.24, 2.45) is 11.8 Å². The highest BCUT2D eigenvalue weighted by Gasteiger charge is 2.60. The molecule has 0 radical (unpaired) electrons. The number of nitrogens with zero attached hydrogens (tertiary/aromatic N) is 5. The molecule has 0 spiro atoms. The summed E-state index contributed by atoms with van der Waals surface area (Å²) in [4.78, 5) is 63.6. The first-order valence-electron chi connectivity index (χ1n) is 22.1. The normalized spacial score (nSPS) is 23.9. The molecule has 21 nitrogen and oxygen atoms in total. The number of aromatic nitrogens is 5. The molecule has 1 unspecified atom stereocenters. The van der Waals surface area contributed by atoms with Crippen LogP contribution in [0.5, 0.6) is 5.88 Å². The van der Waals surface area contributed by atoms with E-state index in [4.69, 9.17) is 47.9 Å². The van der Waals surface area contributed by atoms with Crippen molar-refractivity contribution in [1.29, 1.82) is 5.26 Å². The zero-order valence-electron chi connectivity index (χ0n) is 38.9. The summed E-state index contributed by atoms with van der Waals surface area (Å²) in [5.41, 5.74) is -1.47. The molecule has 5 N–H and O–H groups in total. The van der Waals surface area contributed by atoms with Crippen LogP contribution < -0.4 is 15.6 Å². The zero-order chi connectivity index (χ0) is 48.7. The van der Waals surface area contributed by atoms with Crippen LogP contribution in [0.4, 0.5) is 5.95 Å². The van der Waals surface area contributed by atoms with Gasteiger partial charge in [0.1, 0.15) is 36.8 Å². The van der Waals surface area contributed by atoms with E-state index in [1.165, 1.54) is 23.2 Å². The van der Waals surface area contributed by atoms with E-state index in [0.29, 0.717) is 5.88 Å². The molecular weight excluding hydrogens is 953 g/mol. The van der Waals surface area contributed by atoms with E-state index in [1.54, 1.807) is 26.1 Å². The van der Waals surface area contributed by atoms with Crippen LogP contribution in [0.2, 0.25) is 22.2 Å². The Hall–Kier alpha value is -2.96. The number of aliphatic hydroxyl groups excluding tert-OH is 1. The number of anilines is 1. The highest BCUT2D eigenvalue weighted by atomic mass is 32.5. The van der Waals surface area contributed by atoms with Crippen molar-refractivity contribution in [3.05, 3.63) is 41.2 Å². The van der Waals surface area contributed by atoms with Gasteiger partial charge in [-0.25, -0.2) is 9.97 Å². The summed E-state index contributed by atoms with van der Waals surface area (Å²) in [6, 6.07) is 5.13. The summed E-state index contributed by atoms with van der Waals surface area (Å²) in [6.07, 6.45) is -1.43. The summed E-state index contributed by atoms with van der Waals surface area (Å²) in [5.74, 6) is -1.22. The third kappa shape index (κ3) is 12.6. The van der Waals surface area contributed by atoms with Crippen molar-refractivity contribution in [1.82, 2.24) is 24.5 Å². The van der Waals surface area contributed by atoms with Gasteiger partial charge >= 0.3 is 32.1 Å². The first-order chi connectivity index (χ1) is 31.1. The monoisotopic (exact) mass is 1020 g/mol. The second kappa shape index (κ2) is 23.1. The Bertz CT molecular complexity index is 2250. The van der Waals surface area contributed by atoms with Gasteiger partial charge in [-0.2, -0.15) is 10.2 Å². The van der Waals surface area contributed by atoms with Crippen LogP contribution >= 0.6 is 15.0 Å². The largest absolute Gasteiger partial charge is 0.695 e. The Labute approximate surface area is 392 Å². The predicted octanol–water partition coefficient (Wildman–Crippen LogP) is 6.37. The molecule has 1 saturated heterocycles. The summed E-state index contributed by atoms with van der Waals surface area (Å²) in [6.45, 7) is 13.8. The van der Waals surface area contributed by atoms with Crippen LogP contribution in [0.25, 0.3) is 11.0 Å². The van der Waals surface area contributed by atoms with Gasteiger partial charge in [-0.3, -0.25) is 24.4 Å². The second-order valence-corrected chi connectivity index (χ2v) is 30.3. The minimum Gasteiger partial charge on any atom is -0.474 e. The minimum atomic E-state index is -4.04. The number of aromatic amines is 1. The van der Waals surface area contributed by atoms with Gasteiger partial charge in [0.2, 0.25) is 17.7 Å². The number of ether oxygens (including phenoxy) is 2. The summed E-state index contributed by atoms with van der Waals surface area (Å²) < 4.78 is 65.6. The van der Waals surface area contributed by atoms with E-state index >= 15 is 0 Å². The van der Waals surface area contributed by atoms with Gasteiger partial charge in [-0.15, -0.1) is 9.42 Å². The summed E-state index contributed by atoms with van der Waals surface area (Å²) in [7, 11) is -10.2. The quantitative estimate of drug-likeness (QED) is 0.0370. The number of rotatable bonds is 24. The Kier molecular flexibility index (Phi) is 18.9. The molecule has 0 aromatic carbocycles. The van der Waals surface area contributed by atoms with Crippen LogP contribution in [0.15, 0.2) is 35.6 Å². The molecule has 3 aromatic rings. The summed E-state index contributed by atoms with van der Waals surface area (Å²) >= 11 is 6.15. The van der Waals surface area contributed by atoms with Gasteiger partial charge in [0.05, 0.1) is 37.7 Å². The van der Waals surface area contributed by atoms with Crippen molar-refractivity contribution in [2.75, 3.05) is 25.1 Å². The molecule has 2 aliphatic rings. The highest BCUT2D eigenvalue weighted by Crippen LogP contribution is 2.56. The van der Waals surface area contributed by atoms with Crippen LogP contribution in [-0.2, 0) is 52.5 Å². The molecule has 1 aliphatic carbocycles. The maximum absolute atomic E-state index is 13.5. The van der Waals surface area contributed by atoms with E-state index in [9.17, 15) is 34.2 Å². The Balaban J connectivity index is 1.62. The van der Waals surface area contributed by atoms with Crippen molar-refractivity contribution >= 4 is 66.8 Å². The fraction of sp³-hybridized carbons (Fsp3) is 0.700. The number of aliphatic hydroxyl groups is 1. The molecule has 4 heterocycles. The van der Waals surface area contributed by atoms with E-state index < -0.39 is 98.8 Å². The van der Waals surface area contributed by atoms with Gasteiger partial charge in [0.15, 0.2) is 11.9 Å². The predicted molar refractivity (Wildman–Crippen MR) is 250 cm³/mol. The van der Waals surface area contributed by atoms with Crippen LogP contribution in [0.3, 0.4) is 0 Å². The number of nitriles is 1. The number of carbonyl (C=O) groups excluding carboxylic acids is 1. The van der Waals surface area contributed by atoms with Gasteiger partial charge in [0.25, 0.3) is 5.56 Å². The molecule has 1 amide bonds. The molecule has 1 aliphatic heterocycles. The molecule has 0 bridgehead atoms. The SMILES string of the molecule is CC(C)C(=O)Nc1nc2c(ccn2[C@@H]2O[C@H](CO)[C@@H](O[Si](O[Si](O)(C(C)C)C(C)C)(C(C)C)C(C)C)[C@H]2O[P@](=S)(OCCC#N)OC[C@H]2C[C@@H](Oc3ccncn3)C[C@@H]2O[P+](=O)O)c(=O)[nH]1. The molecule has 66 heavy (non-hydrogen) atoms. The lowest BCUT2D eigenvalue weighted by molar-refractivity contribution is -0.118. The zero-order valence-corrected chi connectivity index (χ0v) is 43.5. The maximum atomic E-state index is 13.5. The Morgan fingerprint density at radius 2 is 1.79 bits per heavy atom. The van der Waals surface area contributed by atoms with Crippen molar-refractivity contribution in [3.63, 3.8) is 0 Å². The first-order valence-corrected chi connectivity index (χ1v) is 29.7. The number of amides is 1. The van der Waals surface area contributed by atoms with Crippen molar-refractivity contribution < 1.29 is 60.3 Å². The molecule has 366 valence electrons. The number of carbonyl (C=O) groups is 1. The smallest absolute Gasteiger partial charge is 0.474 e. The van der Waals surface area contributed by atoms with Gasteiger partial charge in [0, 0.05) is 41.3 Å². The molecule has 26 heteroatoms. The topological polar surface area (TPSA) is 281 Å². The minimum absolute atomic E-state index is 0.0843. The van der Waals surface area contributed by atoms with Gasteiger partial charge in [-0.05, 0) is 46.5 Å². The number of nitrogens with one attached hydrogen (secondary N) is 2. The molecule has 2 fully saturated rings. The number of hydrogen-bond acceptors (Lipinski definition) is 18. The lowest BCUT2D eigenvalue weighted by atomic mass is 10.1. The highest BCUT2D eigenvalue weighted by molar-refractivity contribution is 8.07. The van der Waals surface area contributed by atoms with E-state index in [-0.39, 0.29) is 71.6 Å². The van der Waals surface area contributed by atoms with Crippen molar-refractivity contribution in [3.8, 4) is 11.9 Å². The number of hydrogen-bond donors (Lipinski definition) is 5. The molecule has 1 saturated carbocycles. The molecular formula is C40H64N7O14P2SSi2+. The van der Waals surface area contributed by atoms with E-state index in [2.05, 4.69) is 25.3 Å². The maximum Gasteiger partial charge on any atom is 0.695 e. The molecule has 9 atom stereocenters.